The van der Waals surface area contributed by atoms with E-state index in [0.717, 1.165) is 12.3 Å². The van der Waals surface area contributed by atoms with E-state index in [1.807, 2.05) is 19.1 Å². The van der Waals surface area contributed by atoms with Crippen molar-refractivity contribution >= 4 is 0 Å². The first-order chi connectivity index (χ1) is 7.56. The van der Waals surface area contributed by atoms with Crippen LogP contribution >= 0.6 is 0 Å². The first kappa shape index (κ1) is 13.0. The van der Waals surface area contributed by atoms with Crippen LogP contribution in [0.4, 0.5) is 0 Å². The van der Waals surface area contributed by atoms with Crippen molar-refractivity contribution in [3.63, 3.8) is 0 Å². The first-order valence-electron chi connectivity index (χ1n) is 6.24. The largest absolute Gasteiger partial charge is 0.0987 e. The molecule has 1 fully saturated rings. The highest BCUT2D eigenvalue weighted by Gasteiger charge is 2.37. The van der Waals surface area contributed by atoms with Gasteiger partial charge in [-0.2, -0.15) is 0 Å². The molecule has 1 atom stereocenters. The maximum Gasteiger partial charge on any atom is 0.0125 e. The van der Waals surface area contributed by atoms with Crippen LogP contribution in [0.3, 0.4) is 0 Å². The van der Waals surface area contributed by atoms with E-state index in [1.54, 1.807) is 0 Å². The molecule has 16 heavy (non-hydrogen) atoms. The van der Waals surface area contributed by atoms with Crippen LogP contribution in [-0.4, -0.2) is 0 Å². The van der Waals surface area contributed by atoms with Gasteiger partial charge in [-0.05, 0) is 37.7 Å². The summed E-state index contributed by atoms with van der Waals surface area (Å²) < 4.78 is 0. The summed E-state index contributed by atoms with van der Waals surface area (Å²) in [6.07, 6.45) is 12.0. The summed E-state index contributed by atoms with van der Waals surface area (Å²) in [4.78, 5) is 0. The maximum atomic E-state index is 4.30. The van der Waals surface area contributed by atoms with E-state index in [-0.39, 0.29) is 5.41 Å². The topological polar surface area (TPSA) is 0 Å². The van der Waals surface area contributed by atoms with Gasteiger partial charge in [-0.3, -0.25) is 0 Å². The van der Waals surface area contributed by atoms with E-state index >= 15 is 0 Å². The quantitative estimate of drug-likeness (QED) is 0.430. The van der Waals surface area contributed by atoms with E-state index in [1.165, 1.54) is 24.0 Å². The second kappa shape index (κ2) is 5.34. The molecule has 0 saturated heterocycles. The molecule has 0 aromatic carbocycles. The fourth-order valence-electron chi connectivity index (χ4n) is 2.01. The fraction of sp³-hybridized carbons (Fsp3) is 0.500. The number of hydrogen-bond acceptors (Lipinski definition) is 0. The van der Waals surface area contributed by atoms with Gasteiger partial charge in [0.2, 0.25) is 0 Å². The molecule has 0 aliphatic heterocycles. The zero-order valence-corrected chi connectivity index (χ0v) is 10.9. The van der Waals surface area contributed by atoms with Crippen LogP contribution < -0.4 is 0 Å². The van der Waals surface area contributed by atoms with Gasteiger partial charge in [-0.25, -0.2) is 0 Å². The fourth-order valence-corrected chi connectivity index (χ4v) is 2.01. The highest BCUT2D eigenvalue weighted by atomic mass is 14.4. The van der Waals surface area contributed by atoms with Crippen molar-refractivity contribution in [1.29, 1.82) is 0 Å². The summed E-state index contributed by atoms with van der Waals surface area (Å²) in [6.45, 7) is 15.0. The molecule has 88 valence electrons. The molecule has 1 aliphatic rings. The van der Waals surface area contributed by atoms with Gasteiger partial charge in [-0.15, -0.1) is 0 Å². The lowest BCUT2D eigenvalue weighted by molar-refractivity contribution is 0.451. The highest BCUT2D eigenvalue weighted by Crippen LogP contribution is 2.49. The van der Waals surface area contributed by atoms with Crippen LogP contribution in [0.25, 0.3) is 0 Å². The monoisotopic (exact) mass is 216 g/mol. The lowest BCUT2D eigenvalue weighted by atomic mass is 9.72. The van der Waals surface area contributed by atoms with E-state index in [2.05, 4.69) is 39.2 Å². The van der Waals surface area contributed by atoms with Crippen molar-refractivity contribution < 1.29 is 0 Å². The van der Waals surface area contributed by atoms with Crippen LogP contribution in [0.2, 0.25) is 0 Å². The Kier molecular flexibility index (Phi) is 4.35. The minimum Gasteiger partial charge on any atom is -0.0987 e. The predicted molar refractivity (Wildman–Crippen MR) is 73.4 cm³/mol. The third-order valence-corrected chi connectivity index (χ3v) is 3.80. The predicted octanol–water partition coefficient (Wildman–Crippen LogP) is 5.06. The van der Waals surface area contributed by atoms with E-state index in [9.17, 15) is 0 Å². The molecule has 0 heterocycles. The van der Waals surface area contributed by atoms with Gasteiger partial charge in [0.25, 0.3) is 0 Å². The summed E-state index contributed by atoms with van der Waals surface area (Å²) in [6, 6.07) is 0. The van der Waals surface area contributed by atoms with Crippen LogP contribution in [0.5, 0.6) is 0 Å². The Hall–Kier alpha value is -1.04. The molecule has 0 spiro atoms. The zero-order chi connectivity index (χ0) is 12.2. The highest BCUT2D eigenvalue weighted by molar-refractivity contribution is 5.36. The molecule has 1 saturated carbocycles. The van der Waals surface area contributed by atoms with Crippen molar-refractivity contribution in [3.8, 4) is 0 Å². The number of hydrogen-bond donors (Lipinski definition) is 0. The van der Waals surface area contributed by atoms with Gasteiger partial charge in [0, 0.05) is 5.41 Å². The smallest absolute Gasteiger partial charge is 0.0125 e. The molecule has 0 amide bonds. The molecule has 0 aromatic heterocycles. The molecule has 0 aromatic rings. The van der Waals surface area contributed by atoms with Gasteiger partial charge in [-0.1, -0.05) is 56.9 Å². The van der Waals surface area contributed by atoms with Crippen molar-refractivity contribution in [3.05, 3.63) is 48.6 Å². The Morgan fingerprint density at radius 2 is 1.94 bits per heavy atom. The Labute approximate surface area is 100 Å². The molecule has 0 bridgehead atoms. The third kappa shape index (κ3) is 2.75. The minimum atomic E-state index is 0.0826. The average Bonchev–Trinajstić information content (AvgIpc) is 3.11. The maximum absolute atomic E-state index is 4.30. The van der Waals surface area contributed by atoms with Crippen LogP contribution in [0, 0.1) is 11.3 Å². The number of allylic oxidation sites excluding steroid dienone is 6. The molecule has 1 aliphatic carbocycles. The van der Waals surface area contributed by atoms with Gasteiger partial charge < -0.3 is 0 Å². The lowest BCUT2D eigenvalue weighted by Gasteiger charge is -2.32. The van der Waals surface area contributed by atoms with Crippen molar-refractivity contribution in [2.45, 2.75) is 40.0 Å². The van der Waals surface area contributed by atoms with Gasteiger partial charge in [0.1, 0.15) is 0 Å². The van der Waals surface area contributed by atoms with Gasteiger partial charge in [0.05, 0.1) is 0 Å². The third-order valence-electron chi connectivity index (χ3n) is 3.80. The normalized spacial score (nSPS) is 20.2. The lowest BCUT2D eigenvalue weighted by Crippen LogP contribution is -2.20. The Morgan fingerprint density at radius 1 is 1.31 bits per heavy atom. The van der Waals surface area contributed by atoms with Gasteiger partial charge in [0.15, 0.2) is 0 Å². The molecular formula is C16H24. The Morgan fingerprint density at radius 3 is 2.38 bits per heavy atom. The summed E-state index contributed by atoms with van der Waals surface area (Å²) in [5, 5.41) is 0. The zero-order valence-electron chi connectivity index (χ0n) is 10.9. The second-order valence-corrected chi connectivity index (χ2v) is 4.90. The molecule has 0 N–H and O–H groups in total. The molecular weight excluding hydrogens is 192 g/mol. The van der Waals surface area contributed by atoms with E-state index in [0.29, 0.717) is 0 Å². The van der Waals surface area contributed by atoms with Gasteiger partial charge >= 0.3 is 0 Å². The van der Waals surface area contributed by atoms with Crippen molar-refractivity contribution in [1.82, 2.24) is 0 Å². The van der Waals surface area contributed by atoms with Crippen LogP contribution in [0.15, 0.2) is 48.6 Å². The molecule has 0 radical (unpaired) electrons. The summed E-state index contributed by atoms with van der Waals surface area (Å²) in [7, 11) is 0. The Bertz CT molecular complexity index is 326. The molecule has 0 heteroatoms. The molecule has 0 nitrogen and oxygen atoms in total. The Balaban J connectivity index is 2.77. The number of rotatable bonds is 6. The van der Waals surface area contributed by atoms with Crippen molar-refractivity contribution in [2.24, 2.45) is 11.3 Å². The average molecular weight is 216 g/mol. The van der Waals surface area contributed by atoms with E-state index in [4.69, 9.17) is 0 Å². The van der Waals surface area contributed by atoms with Crippen molar-refractivity contribution in [2.75, 3.05) is 0 Å². The van der Waals surface area contributed by atoms with Crippen LogP contribution in [-0.2, 0) is 0 Å². The summed E-state index contributed by atoms with van der Waals surface area (Å²) >= 11 is 0. The molecule has 1 rings (SSSR count). The first-order valence-corrected chi connectivity index (χ1v) is 6.24. The SMILES string of the molecule is C=C(C=CC=CC)C(C)(CC)C(=C)C1CC1. The molecule has 1 unspecified atom stereocenters. The van der Waals surface area contributed by atoms with Crippen LogP contribution in [0.1, 0.15) is 40.0 Å². The standard InChI is InChI=1S/C16H24/c1-6-8-9-10-13(3)16(5,7-2)14(4)15-11-12-15/h6,8-10,15H,3-4,7,11-12H2,1-2,5H3. The minimum absolute atomic E-state index is 0.0826. The van der Waals surface area contributed by atoms with E-state index < -0.39 is 0 Å². The summed E-state index contributed by atoms with van der Waals surface area (Å²) in [5.41, 5.74) is 2.65. The second-order valence-electron chi connectivity index (χ2n) is 4.90. The summed E-state index contributed by atoms with van der Waals surface area (Å²) in [5.74, 6) is 0.747.